The van der Waals surface area contributed by atoms with Crippen molar-refractivity contribution in [2.24, 2.45) is 17.8 Å². The number of rotatable bonds is 0. The predicted octanol–water partition coefficient (Wildman–Crippen LogP) is 4.15. The summed E-state index contributed by atoms with van der Waals surface area (Å²) in [5.74, 6) is 4.16. The second kappa shape index (κ2) is 3.56. The fourth-order valence-electron chi connectivity index (χ4n) is 3.21. The van der Waals surface area contributed by atoms with Crippen molar-refractivity contribution in [2.75, 3.05) is 0 Å². The van der Waals surface area contributed by atoms with Gasteiger partial charge in [-0.25, -0.2) is 0 Å². The molecule has 0 aliphatic heterocycles. The van der Waals surface area contributed by atoms with Gasteiger partial charge in [0.2, 0.25) is 0 Å². The summed E-state index contributed by atoms with van der Waals surface area (Å²) in [6.45, 7) is 9.37. The summed E-state index contributed by atoms with van der Waals surface area (Å²) in [5.41, 5.74) is 3.07. The minimum Gasteiger partial charge on any atom is -0.0844 e. The maximum absolute atomic E-state index is 2.42. The molecule has 0 bridgehead atoms. The van der Waals surface area contributed by atoms with Gasteiger partial charge in [-0.15, -0.1) is 0 Å². The van der Waals surface area contributed by atoms with Crippen molar-refractivity contribution in [3.63, 3.8) is 0 Å². The molecule has 0 saturated carbocycles. The third-order valence-electron chi connectivity index (χ3n) is 4.00. The smallest absolute Gasteiger partial charge is 0.0282 e. The molecule has 0 N–H and O–H groups in total. The van der Waals surface area contributed by atoms with Crippen LogP contribution in [0.15, 0.2) is 23.3 Å². The third kappa shape index (κ3) is 1.45. The van der Waals surface area contributed by atoms with E-state index < -0.39 is 0 Å². The standard InChI is InChI=1S/C14H21/c1-9-5-6-11(3)14-12(4)8-7-10(2)13(9)14/h5,7,11-12,14H,6,8H2,1-4H3. The molecule has 0 fully saturated rings. The second-order valence-electron chi connectivity index (χ2n) is 5.14. The minimum absolute atomic E-state index is 0.824. The van der Waals surface area contributed by atoms with Gasteiger partial charge in [-0.2, -0.15) is 0 Å². The van der Waals surface area contributed by atoms with Gasteiger partial charge in [-0.05, 0) is 44.4 Å². The van der Waals surface area contributed by atoms with Crippen molar-refractivity contribution in [1.29, 1.82) is 0 Å². The Hall–Kier alpha value is -0.520. The fraction of sp³-hybridized carbons (Fsp3) is 0.643. The Morgan fingerprint density at radius 2 is 1.36 bits per heavy atom. The van der Waals surface area contributed by atoms with Crippen molar-refractivity contribution < 1.29 is 0 Å². The summed E-state index contributed by atoms with van der Waals surface area (Å²) in [6.07, 6.45) is 7.40. The Morgan fingerprint density at radius 1 is 0.929 bits per heavy atom. The van der Waals surface area contributed by atoms with Crippen LogP contribution in [0.2, 0.25) is 0 Å². The van der Waals surface area contributed by atoms with Crippen molar-refractivity contribution >= 4 is 0 Å². The highest BCUT2D eigenvalue weighted by Gasteiger charge is 2.37. The van der Waals surface area contributed by atoms with Crippen LogP contribution < -0.4 is 0 Å². The highest BCUT2D eigenvalue weighted by Crippen LogP contribution is 2.48. The first-order chi connectivity index (χ1) is 6.61. The first-order valence-corrected chi connectivity index (χ1v) is 5.82. The molecule has 1 radical (unpaired) electrons. The summed E-state index contributed by atoms with van der Waals surface area (Å²) in [5, 5.41) is 0. The van der Waals surface area contributed by atoms with E-state index in [9.17, 15) is 0 Å². The van der Waals surface area contributed by atoms with Crippen molar-refractivity contribution in [2.45, 2.75) is 40.5 Å². The van der Waals surface area contributed by atoms with Crippen LogP contribution in [-0.2, 0) is 0 Å². The lowest BCUT2D eigenvalue weighted by Gasteiger charge is -2.42. The molecule has 14 heavy (non-hydrogen) atoms. The Balaban J connectivity index is 2.37. The molecule has 0 saturated heterocycles. The lowest BCUT2D eigenvalue weighted by molar-refractivity contribution is 0.261. The van der Waals surface area contributed by atoms with E-state index in [0.29, 0.717) is 0 Å². The number of hydrogen-bond donors (Lipinski definition) is 0. The second-order valence-corrected chi connectivity index (χ2v) is 5.14. The summed E-state index contributed by atoms with van der Waals surface area (Å²) in [6, 6.07) is 0. The third-order valence-corrected chi connectivity index (χ3v) is 4.00. The van der Waals surface area contributed by atoms with E-state index in [4.69, 9.17) is 0 Å². The molecule has 2 aliphatic rings. The van der Waals surface area contributed by atoms with E-state index in [1.54, 1.807) is 5.92 Å². The summed E-state index contributed by atoms with van der Waals surface area (Å²) in [7, 11) is 0. The molecule has 2 unspecified atom stereocenters. The van der Waals surface area contributed by atoms with Crippen molar-refractivity contribution in [1.82, 2.24) is 0 Å². The zero-order valence-corrected chi connectivity index (χ0v) is 9.80. The molecule has 2 aliphatic carbocycles. The normalized spacial score (nSPS) is 38.7. The Labute approximate surface area is 88.1 Å². The maximum atomic E-state index is 2.42. The lowest BCUT2D eigenvalue weighted by atomic mass is 9.62. The highest BCUT2D eigenvalue weighted by molar-refractivity contribution is 5.44. The van der Waals surface area contributed by atoms with Crippen LogP contribution in [0.1, 0.15) is 40.5 Å². The molecule has 0 aromatic carbocycles. The van der Waals surface area contributed by atoms with E-state index in [1.807, 2.05) is 0 Å². The lowest BCUT2D eigenvalue weighted by Crippen LogP contribution is -2.33. The van der Waals surface area contributed by atoms with Crippen LogP contribution in [0.25, 0.3) is 0 Å². The molecule has 0 aromatic rings. The molecule has 0 aromatic heterocycles. The summed E-state index contributed by atoms with van der Waals surface area (Å²) < 4.78 is 0. The maximum Gasteiger partial charge on any atom is 0.0282 e. The number of allylic oxidation sites excluding steroid dienone is 4. The molecule has 77 valence electrons. The van der Waals surface area contributed by atoms with E-state index in [-0.39, 0.29) is 0 Å². The zero-order chi connectivity index (χ0) is 10.3. The van der Waals surface area contributed by atoms with Gasteiger partial charge in [0, 0.05) is 5.92 Å². The molecule has 0 nitrogen and oxygen atoms in total. The van der Waals surface area contributed by atoms with Gasteiger partial charge in [0.25, 0.3) is 0 Å². The number of fused-ring (bicyclic) bond motifs is 1. The van der Waals surface area contributed by atoms with Crippen molar-refractivity contribution in [3.05, 3.63) is 29.2 Å². The molecule has 2 rings (SSSR count). The summed E-state index contributed by atoms with van der Waals surface area (Å²) in [4.78, 5) is 0. The Kier molecular flexibility index (Phi) is 2.55. The quantitative estimate of drug-likeness (QED) is 0.537. The average Bonchev–Trinajstić information content (AvgIpc) is 2.16. The Morgan fingerprint density at radius 3 is 1.71 bits per heavy atom. The average molecular weight is 189 g/mol. The predicted molar refractivity (Wildman–Crippen MR) is 61.8 cm³/mol. The van der Waals surface area contributed by atoms with Gasteiger partial charge >= 0.3 is 0 Å². The Bertz CT molecular complexity index is 254. The van der Waals surface area contributed by atoms with Crippen molar-refractivity contribution in [3.8, 4) is 0 Å². The minimum atomic E-state index is 0.824. The first kappa shape index (κ1) is 10.0. The van der Waals surface area contributed by atoms with Crippen LogP contribution in [-0.4, -0.2) is 0 Å². The number of hydrogen-bond acceptors (Lipinski definition) is 0. The molecular weight excluding hydrogens is 168 g/mol. The van der Waals surface area contributed by atoms with Gasteiger partial charge in [-0.3, -0.25) is 0 Å². The van der Waals surface area contributed by atoms with Crippen LogP contribution >= 0.6 is 0 Å². The van der Waals surface area contributed by atoms with Crippen LogP contribution in [0.5, 0.6) is 0 Å². The monoisotopic (exact) mass is 189 g/mol. The molecule has 0 heterocycles. The van der Waals surface area contributed by atoms with E-state index >= 15 is 0 Å². The van der Waals surface area contributed by atoms with Gasteiger partial charge < -0.3 is 0 Å². The molecular formula is C14H21. The summed E-state index contributed by atoms with van der Waals surface area (Å²) >= 11 is 0. The van der Waals surface area contributed by atoms with E-state index in [0.717, 1.165) is 17.8 Å². The van der Waals surface area contributed by atoms with Gasteiger partial charge in [0.05, 0.1) is 0 Å². The molecule has 0 heteroatoms. The topological polar surface area (TPSA) is 0 Å². The molecule has 0 amide bonds. The molecule has 2 atom stereocenters. The first-order valence-electron chi connectivity index (χ1n) is 5.82. The SMILES string of the molecule is CC1=CCC(C)C2[C]1C(C)=CCC2C. The largest absolute Gasteiger partial charge is 0.0844 e. The van der Waals surface area contributed by atoms with E-state index in [1.165, 1.54) is 24.0 Å². The fourth-order valence-corrected chi connectivity index (χ4v) is 3.21. The van der Waals surface area contributed by atoms with Crippen LogP contribution in [0.3, 0.4) is 0 Å². The highest BCUT2D eigenvalue weighted by atomic mass is 14.4. The van der Waals surface area contributed by atoms with Crippen LogP contribution in [0, 0.1) is 23.7 Å². The van der Waals surface area contributed by atoms with Gasteiger partial charge in [0.15, 0.2) is 0 Å². The van der Waals surface area contributed by atoms with Crippen LogP contribution in [0.4, 0.5) is 0 Å². The van der Waals surface area contributed by atoms with Gasteiger partial charge in [0.1, 0.15) is 0 Å². The zero-order valence-electron chi connectivity index (χ0n) is 9.80. The van der Waals surface area contributed by atoms with Gasteiger partial charge in [-0.1, -0.05) is 37.1 Å². The van der Waals surface area contributed by atoms with E-state index in [2.05, 4.69) is 39.8 Å². The molecule has 0 spiro atoms.